The molecular formula is C13H16N2O3. The molecule has 1 aromatic rings. The van der Waals surface area contributed by atoms with Crippen LogP contribution in [0.1, 0.15) is 12.5 Å². The van der Waals surface area contributed by atoms with Crippen LogP contribution in [-0.4, -0.2) is 36.0 Å². The van der Waals surface area contributed by atoms with Crippen molar-refractivity contribution in [3.8, 4) is 0 Å². The third kappa shape index (κ3) is 3.48. The largest absolute Gasteiger partial charge is 0.445 e. The van der Waals surface area contributed by atoms with E-state index in [-0.39, 0.29) is 12.5 Å². The Balaban J connectivity index is 1.73. The van der Waals surface area contributed by atoms with Gasteiger partial charge < -0.3 is 15.0 Å². The van der Waals surface area contributed by atoms with Gasteiger partial charge in [-0.1, -0.05) is 30.3 Å². The fourth-order valence-electron chi connectivity index (χ4n) is 1.55. The Bertz CT molecular complexity index is 429. The number of nitrogens with one attached hydrogen (secondary N) is 1. The summed E-state index contributed by atoms with van der Waals surface area (Å²) in [5, 5.41) is 2.52. The lowest BCUT2D eigenvalue weighted by molar-refractivity contribution is -0.127. The van der Waals surface area contributed by atoms with E-state index in [0.29, 0.717) is 0 Å². The van der Waals surface area contributed by atoms with Crippen LogP contribution in [-0.2, 0) is 16.1 Å². The first-order valence-corrected chi connectivity index (χ1v) is 5.93. The molecule has 0 aliphatic carbocycles. The van der Waals surface area contributed by atoms with E-state index in [9.17, 15) is 9.59 Å². The summed E-state index contributed by atoms with van der Waals surface area (Å²) in [6.07, 6.45) is -0.568. The highest BCUT2D eigenvalue weighted by Crippen LogP contribution is 2.06. The Morgan fingerprint density at radius 1 is 1.33 bits per heavy atom. The molecule has 1 saturated heterocycles. The van der Waals surface area contributed by atoms with Gasteiger partial charge in [0, 0.05) is 13.1 Å². The number of carbonyl (C=O) groups excluding carboxylic acids is 2. The minimum absolute atomic E-state index is 0.0633. The summed E-state index contributed by atoms with van der Waals surface area (Å²) >= 11 is 0. The van der Waals surface area contributed by atoms with E-state index in [4.69, 9.17) is 4.74 Å². The van der Waals surface area contributed by atoms with Crippen LogP contribution in [0.4, 0.5) is 4.79 Å². The molecule has 0 bridgehead atoms. The average molecular weight is 248 g/mol. The van der Waals surface area contributed by atoms with Crippen LogP contribution in [0.3, 0.4) is 0 Å². The molecule has 5 heteroatoms. The van der Waals surface area contributed by atoms with E-state index in [2.05, 4.69) is 5.32 Å². The third-order valence-electron chi connectivity index (χ3n) is 2.68. The smallest absolute Gasteiger partial charge is 0.408 e. The maximum Gasteiger partial charge on any atom is 0.408 e. The third-order valence-corrected chi connectivity index (χ3v) is 2.68. The number of nitrogens with zero attached hydrogens (tertiary/aromatic N) is 1. The molecule has 1 fully saturated rings. The number of amides is 2. The van der Waals surface area contributed by atoms with Gasteiger partial charge in [-0.05, 0) is 12.5 Å². The SMILES string of the molecule is C[C@@H](NC(=O)OCc1ccccc1)C(=O)N1CC1. The number of alkyl carbamates (subject to hydrolysis) is 1. The number of carbonyl (C=O) groups is 2. The molecule has 1 aromatic carbocycles. The minimum atomic E-state index is -0.568. The fraction of sp³-hybridized carbons (Fsp3) is 0.385. The number of benzene rings is 1. The maximum absolute atomic E-state index is 11.6. The summed E-state index contributed by atoms with van der Waals surface area (Å²) < 4.78 is 5.03. The van der Waals surface area contributed by atoms with Crippen molar-refractivity contribution in [2.24, 2.45) is 0 Å². The van der Waals surface area contributed by atoms with Crippen molar-refractivity contribution in [2.45, 2.75) is 19.6 Å². The normalized spacial score (nSPS) is 14.8. The molecule has 2 rings (SSSR count). The van der Waals surface area contributed by atoms with E-state index in [1.54, 1.807) is 11.8 Å². The molecule has 1 aliphatic rings. The zero-order valence-electron chi connectivity index (χ0n) is 10.3. The van der Waals surface area contributed by atoms with Crippen LogP contribution >= 0.6 is 0 Å². The monoisotopic (exact) mass is 248 g/mol. The highest BCUT2D eigenvalue weighted by Gasteiger charge is 2.29. The lowest BCUT2D eigenvalue weighted by Gasteiger charge is -2.13. The van der Waals surface area contributed by atoms with Crippen LogP contribution in [0.15, 0.2) is 30.3 Å². The molecule has 96 valence electrons. The molecule has 18 heavy (non-hydrogen) atoms. The Kier molecular flexibility index (Phi) is 3.82. The second-order valence-corrected chi connectivity index (χ2v) is 4.25. The Morgan fingerprint density at radius 3 is 2.61 bits per heavy atom. The van der Waals surface area contributed by atoms with E-state index in [1.165, 1.54) is 0 Å². The Hall–Kier alpha value is -2.04. The van der Waals surface area contributed by atoms with Gasteiger partial charge in [0.1, 0.15) is 12.6 Å². The topological polar surface area (TPSA) is 58.4 Å². The molecule has 0 aromatic heterocycles. The molecule has 0 radical (unpaired) electrons. The molecule has 2 amide bonds. The average Bonchev–Trinajstić information content (AvgIpc) is 3.21. The Morgan fingerprint density at radius 2 is 2.00 bits per heavy atom. The first-order chi connectivity index (χ1) is 8.66. The zero-order valence-corrected chi connectivity index (χ0v) is 10.3. The van der Waals surface area contributed by atoms with Crippen molar-refractivity contribution >= 4 is 12.0 Å². The van der Waals surface area contributed by atoms with Crippen LogP contribution < -0.4 is 5.32 Å². The molecule has 1 heterocycles. The fourth-order valence-corrected chi connectivity index (χ4v) is 1.55. The van der Waals surface area contributed by atoms with Crippen molar-refractivity contribution in [3.63, 3.8) is 0 Å². The number of hydrogen-bond donors (Lipinski definition) is 1. The molecule has 0 saturated carbocycles. The van der Waals surface area contributed by atoms with Crippen LogP contribution in [0.25, 0.3) is 0 Å². The van der Waals surface area contributed by atoms with Crippen molar-refractivity contribution in [3.05, 3.63) is 35.9 Å². The number of hydrogen-bond acceptors (Lipinski definition) is 3. The summed E-state index contributed by atoms with van der Waals surface area (Å²) in [5.41, 5.74) is 0.914. The van der Waals surface area contributed by atoms with Crippen molar-refractivity contribution in [2.75, 3.05) is 13.1 Å². The van der Waals surface area contributed by atoms with Crippen LogP contribution in [0.2, 0.25) is 0 Å². The summed E-state index contributed by atoms with van der Waals surface area (Å²) in [6, 6.07) is 8.87. The van der Waals surface area contributed by atoms with Crippen molar-refractivity contribution < 1.29 is 14.3 Å². The van der Waals surface area contributed by atoms with Gasteiger partial charge in [0.05, 0.1) is 0 Å². The molecule has 1 atom stereocenters. The second kappa shape index (κ2) is 5.53. The van der Waals surface area contributed by atoms with Gasteiger partial charge >= 0.3 is 6.09 Å². The summed E-state index contributed by atoms with van der Waals surface area (Å²) in [4.78, 5) is 24.7. The first kappa shape index (κ1) is 12.4. The van der Waals surface area contributed by atoms with Gasteiger partial charge in [-0.25, -0.2) is 4.79 Å². The van der Waals surface area contributed by atoms with Gasteiger partial charge in [0.25, 0.3) is 0 Å². The lowest BCUT2D eigenvalue weighted by Crippen LogP contribution is -2.41. The summed E-state index contributed by atoms with van der Waals surface area (Å²) in [6.45, 7) is 3.43. The summed E-state index contributed by atoms with van der Waals surface area (Å²) in [5.74, 6) is -0.0633. The van der Waals surface area contributed by atoms with E-state index in [0.717, 1.165) is 18.7 Å². The molecule has 5 nitrogen and oxygen atoms in total. The molecule has 1 N–H and O–H groups in total. The summed E-state index contributed by atoms with van der Waals surface area (Å²) in [7, 11) is 0. The van der Waals surface area contributed by atoms with Gasteiger partial charge in [-0.15, -0.1) is 0 Å². The predicted octanol–water partition coefficient (Wildman–Crippen LogP) is 1.14. The van der Waals surface area contributed by atoms with Gasteiger partial charge in [-0.2, -0.15) is 0 Å². The van der Waals surface area contributed by atoms with Crippen LogP contribution in [0, 0.1) is 0 Å². The standard InChI is InChI=1S/C13H16N2O3/c1-10(12(16)15-7-8-15)14-13(17)18-9-11-5-3-2-4-6-11/h2-6,10H,7-9H2,1H3,(H,14,17)/t10-/m1/s1. The van der Waals surface area contributed by atoms with Gasteiger partial charge in [-0.3, -0.25) is 4.79 Å². The van der Waals surface area contributed by atoms with Crippen LogP contribution in [0.5, 0.6) is 0 Å². The number of ether oxygens (including phenoxy) is 1. The highest BCUT2D eigenvalue weighted by molar-refractivity contribution is 5.86. The highest BCUT2D eigenvalue weighted by atomic mass is 16.5. The van der Waals surface area contributed by atoms with Gasteiger partial charge in [0.2, 0.25) is 5.91 Å². The van der Waals surface area contributed by atoms with E-state index < -0.39 is 12.1 Å². The van der Waals surface area contributed by atoms with Gasteiger partial charge in [0.15, 0.2) is 0 Å². The van der Waals surface area contributed by atoms with E-state index in [1.807, 2.05) is 30.3 Å². The lowest BCUT2D eigenvalue weighted by atomic mass is 10.2. The van der Waals surface area contributed by atoms with Crippen molar-refractivity contribution in [1.82, 2.24) is 10.2 Å². The molecular weight excluding hydrogens is 232 g/mol. The minimum Gasteiger partial charge on any atom is -0.445 e. The Labute approximate surface area is 106 Å². The second-order valence-electron chi connectivity index (χ2n) is 4.25. The van der Waals surface area contributed by atoms with E-state index >= 15 is 0 Å². The molecule has 0 unspecified atom stereocenters. The maximum atomic E-state index is 11.6. The van der Waals surface area contributed by atoms with Crippen molar-refractivity contribution in [1.29, 1.82) is 0 Å². The number of rotatable bonds is 4. The quantitative estimate of drug-likeness (QED) is 0.813. The zero-order chi connectivity index (χ0) is 13.0. The predicted molar refractivity (Wildman–Crippen MR) is 65.8 cm³/mol. The first-order valence-electron chi connectivity index (χ1n) is 5.93. The molecule has 1 aliphatic heterocycles. The molecule has 0 spiro atoms.